The van der Waals surface area contributed by atoms with Gasteiger partial charge in [0.05, 0.1) is 0 Å². The number of benzene rings is 1. The molecule has 17 heavy (non-hydrogen) atoms. The molecule has 1 aromatic rings. The molecular weight excluding hydrogens is 308 g/mol. The van der Waals surface area contributed by atoms with Gasteiger partial charge in [0.1, 0.15) is 5.82 Å². The molecule has 1 atom stereocenters. The molecule has 1 aliphatic heterocycles. The Kier molecular flexibility index (Phi) is 5.86. The summed E-state index contributed by atoms with van der Waals surface area (Å²) in [5.74, 6) is 0.146. The van der Waals surface area contributed by atoms with Crippen molar-refractivity contribution in [3.05, 3.63) is 34.1 Å². The summed E-state index contributed by atoms with van der Waals surface area (Å²) in [6.07, 6.45) is 1.90. The van der Waals surface area contributed by atoms with Gasteiger partial charge in [0.15, 0.2) is 0 Å². The molecule has 0 unspecified atom stereocenters. The number of rotatable bonds is 2. The first-order chi connectivity index (χ1) is 7.68. The van der Waals surface area contributed by atoms with Crippen LogP contribution >= 0.6 is 28.3 Å². The normalized spacial score (nSPS) is 18.5. The summed E-state index contributed by atoms with van der Waals surface area (Å²) in [6, 6.07) is 4.55. The zero-order chi connectivity index (χ0) is 11.5. The van der Waals surface area contributed by atoms with Gasteiger partial charge in [-0.2, -0.15) is 0 Å². The lowest BCUT2D eigenvalue weighted by molar-refractivity contribution is 0.0583. The van der Waals surface area contributed by atoms with E-state index < -0.39 is 0 Å². The molecule has 0 amide bonds. The van der Waals surface area contributed by atoms with Gasteiger partial charge in [0, 0.05) is 23.7 Å². The molecule has 0 bridgehead atoms. The Hall–Kier alpha value is -0.160. The molecule has 1 aromatic carbocycles. The van der Waals surface area contributed by atoms with Crippen LogP contribution in [0.2, 0.25) is 0 Å². The van der Waals surface area contributed by atoms with E-state index in [2.05, 4.69) is 15.9 Å². The minimum Gasteiger partial charge on any atom is -0.381 e. The second-order valence-electron chi connectivity index (χ2n) is 4.14. The van der Waals surface area contributed by atoms with Crippen LogP contribution in [-0.2, 0) is 4.74 Å². The predicted molar refractivity (Wildman–Crippen MR) is 71.8 cm³/mol. The van der Waals surface area contributed by atoms with E-state index in [1.807, 2.05) is 0 Å². The van der Waals surface area contributed by atoms with Crippen molar-refractivity contribution in [2.24, 2.45) is 11.7 Å². The molecule has 5 heteroatoms. The van der Waals surface area contributed by atoms with Crippen molar-refractivity contribution in [1.29, 1.82) is 0 Å². The van der Waals surface area contributed by atoms with Crippen molar-refractivity contribution >= 4 is 28.3 Å². The summed E-state index contributed by atoms with van der Waals surface area (Å²) in [7, 11) is 0. The second-order valence-corrected chi connectivity index (χ2v) is 5.00. The van der Waals surface area contributed by atoms with Crippen LogP contribution in [0.4, 0.5) is 4.39 Å². The van der Waals surface area contributed by atoms with Crippen molar-refractivity contribution in [2.45, 2.75) is 18.9 Å². The molecule has 0 radical (unpaired) electrons. The Morgan fingerprint density at radius 1 is 1.35 bits per heavy atom. The van der Waals surface area contributed by atoms with Gasteiger partial charge >= 0.3 is 0 Å². The molecule has 0 spiro atoms. The number of ether oxygens (including phenoxy) is 1. The highest BCUT2D eigenvalue weighted by Gasteiger charge is 2.23. The van der Waals surface area contributed by atoms with Crippen LogP contribution in [0.3, 0.4) is 0 Å². The van der Waals surface area contributed by atoms with E-state index >= 15 is 0 Å². The van der Waals surface area contributed by atoms with E-state index in [1.165, 1.54) is 12.1 Å². The highest BCUT2D eigenvalue weighted by molar-refractivity contribution is 9.10. The van der Waals surface area contributed by atoms with Gasteiger partial charge in [-0.1, -0.05) is 15.9 Å². The molecule has 1 saturated heterocycles. The largest absolute Gasteiger partial charge is 0.381 e. The summed E-state index contributed by atoms with van der Waals surface area (Å²) < 4.78 is 19.4. The molecule has 0 aromatic heterocycles. The third-order valence-corrected chi connectivity index (χ3v) is 3.81. The van der Waals surface area contributed by atoms with Crippen molar-refractivity contribution in [3.8, 4) is 0 Å². The molecule has 2 N–H and O–H groups in total. The first kappa shape index (κ1) is 14.9. The number of nitrogens with two attached hydrogens (primary N) is 1. The van der Waals surface area contributed by atoms with Crippen LogP contribution < -0.4 is 5.73 Å². The standard InChI is InChI=1S/C12H15BrFNO.ClH/c13-11-2-1-9(14)7-10(11)12(15)8-3-5-16-6-4-8;/h1-2,7-8,12H,3-6,15H2;1H/t12-;/m1./s1. The zero-order valence-electron chi connectivity index (χ0n) is 9.36. The van der Waals surface area contributed by atoms with E-state index in [4.69, 9.17) is 10.5 Å². The summed E-state index contributed by atoms with van der Waals surface area (Å²) in [6.45, 7) is 1.51. The van der Waals surface area contributed by atoms with Gasteiger partial charge in [-0.05, 0) is 42.5 Å². The maximum absolute atomic E-state index is 13.2. The number of hydrogen-bond donors (Lipinski definition) is 1. The lowest BCUT2D eigenvalue weighted by Gasteiger charge is -2.28. The zero-order valence-corrected chi connectivity index (χ0v) is 11.8. The van der Waals surface area contributed by atoms with E-state index in [-0.39, 0.29) is 24.3 Å². The molecule has 1 aliphatic rings. The fraction of sp³-hybridized carbons (Fsp3) is 0.500. The van der Waals surface area contributed by atoms with Gasteiger partial charge in [0.2, 0.25) is 0 Å². The van der Waals surface area contributed by atoms with E-state index in [9.17, 15) is 4.39 Å². The third-order valence-electron chi connectivity index (χ3n) is 3.09. The van der Waals surface area contributed by atoms with Gasteiger partial charge < -0.3 is 10.5 Å². The SMILES string of the molecule is Cl.N[C@@H](c1cc(F)ccc1Br)C1CCOCC1. The summed E-state index contributed by atoms with van der Waals surface area (Å²) >= 11 is 3.42. The smallest absolute Gasteiger partial charge is 0.123 e. The predicted octanol–water partition coefficient (Wildman–Crippen LogP) is 3.44. The monoisotopic (exact) mass is 323 g/mol. The third kappa shape index (κ3) is 3.65. The first-order valence-electron chi connectivity index (χ1n) is 5.47. The Morgan fingerprint density at radius 2 is 2.00 bits per heavy atom. The molecule has 1 fully saturated rings. The topological polar surface area (TPSA) is 35.2 Å². The lowest BCUT2D eigenvalue weighted by atomic mass is 9.88. The Labute approximate surface area is 115 Å². The maximum Gasteiger partial charge on any atom is 0.123 e. The summed E-state index contributed by atoms with van der Waals surface area (Å²) in [5.41, 5.74) is 7.04. The maximum atomic E-state index is 13.2. The van der Waals surface area contributed by atoms with Crippen LogP contribution in [0.1, 0.15) is 24.4 Å². The van der Waals surface area contributed by atoms with Crippen molar-refractivity contribution in [3.63, 3.8) is 0 Å². The fourth-order valence-corrected chi connectivity index (χ4v) is 2.61. The summed E-state index contributed by atoms with van der Waals surface area (Å²) in [5, 5.41) is 0. The minimum atomic E-state index is -0.235. The van der Waals surface area contributed by atoms with Crippen LogP contribution in [-0.4, -0.2) is 13.2 Å². The van der Waals surface area contributed by atoms with Crippen LogP contribution in [0.25, 0.3) is 0 Å². The van der Waals surface area contributed by atoms with E-state index in [0.717, 1.165) is 36.1 Å². The van der Waals surface area contributed by atoms with Gasteiger partial charge in [0.25, 0.3) is 0 Å². The van der Waals surface area contributed by atoms with E-state index in [0.29, 0.717) is 5.92 Å². The molecule has 2 nitrogen and oxygen atoms in total. The average Bonchev–Trinajstić information content (AvgIpc) is 2.32. The minimum absolute atomic E-state index is 0. The summed E-state index contributed by atoms with van der Waals surface area (Å²) in [4.78, 5) is 0. The number of halogens is 3. The molecule has 96 valence electrons. The van der Waals surface area contributed by atoms with Crippen molar-refractivity contribution in [1.82, 2.24) is 0 Å². The molecular formula is C12H16BrClFNO. The van der Waals surface area contributed by atoms with Crippen molar-refractivity contribution in [2.75, 3.05) is 13.2 Å². The second kappa shape index (κ2) is 6.69. The van der Waals surface area contributed by atoms with Gasteiger partial charge in [-0.15, -0.1) is 12.4 Å². The van der Waals surface area contributed by atoms with Crippen LogP contribution in [0.15, 0.2) is 22.7 Å². The molecule has 2 rings (SSSR count). The molecule has 0 saturated carbocycles. The Morgan fingerprint density at radius 3 is 2.65 bits per heavy atom. The van der Waals surface area contributed by atoms with Gasteiger partial charge in [-0.3, -0.25) is 0 Å². The average molecular weight is 325 g/mol. The first-order valence-corrected chi connectivity index (χ1v) is 6.26. The Bertz CT molecular complexity index is 372. The highest BCUT2D eigenvalue weighted by atomic mass is 79.9. The van der Waals surface area contributed by atoms with Crippen molar-refractivity contribution < 1.29 is 9.13 Å². The van der Waals surface area contributed by atoms with E-state index in [1.54, 1.807) is 6.07 Å². The fourth-order valence-electron chi connectivity index (χ4n) is 2.10. The van der Waals surface area contributed by atoms with Gasteiger partial charge in [-0.25, -0.2) is 4.39 Å². The quantitative estimate of drug-likeness (QED) is 0.904. The van der Waals surface area contributed by atoms with Crippen LogP contribution in [0.5, 0.6) is 0 Å². The Balaban J connectivity index is 0.00000144. The molecule has 1 heterocycles. The lowest BCUT2D eigenvalue weighted by Crippen LogP contribution is -2.27. The highest BCUT2D eigenvalue weighted by Crippen LogP contribution is 2.32. The van der Waals surface area contributed by atoms with Crippen LogP contribution in [0, 0.1) is 11.7 Å². The number of hydrogen-bond acceptors (Lipinski definition) is 2. The molecule has 0 aliphatic carbocycles.